The van der Waals surface area contributed by atoms with Gasteiger partial charge in [0.2, 0.25) is 5.91 Å². The normalized spacial score (nSPS) is 14.8. The molecule has 1 aromatic carbocycles. The number of hydrogen-bond acceptors (Lipinski definition) is 2. The van der Waals surface area contributed by atoms with Crippen LogP contribution in [-0.2, 0) is 15.4 Å². The number of ether oxygens (including phenoxy) is 1. The molecular weight excluding hydrogens is 318 g/mol. The van der Waals surface area contributed by atoms with Crippen LogP contribution >= 0.6 is 23.2 Å². The minimum atomic E-state index is -3.10. The molecule has 8 heteroatoms. The smallest absolute Gasteiger partial charge is 0.345 e. The van der Waals surface area contributed by atoms with Gasteiger partial charge in [0, 0.05) is 10.9 Å². The lowest BCUT2D eigenvalue weighted by molar-refractivity contribution is -0.152. The first kappa shape index (κ1) is 15.4. The number of carbonyl (C=O) groups excluding carboxylic acids is 1. The summed E-state index contributed by atoms with van der Waals surface area (Å²) in [7, 11) is 0. The highest BCUT2D eigenvalue weighted by Crippen LogP contribution is 2.28. The molecule has 1 N–H and O–H groups in total. The molecule has 0 aliphatic carbocycles. The van der Waals surface area contributed by atoms with Crippen LogP contribution in [0.4, 0.5) is 13.2 Å². The van der Waals surface area contributed by atoms with Gasteiger partial charge in [-0.15, -0.1) is 11.6 Å². The minimum Gasteiger partial charge on any atom is -0.348 e. The van der Waals surface area contributed by atoms with E-state index in [1.165, 1.54) is 6.92 Å². The summed E-state index contributed by atoms with van der Waals surface area (Å²) in [5, 5.41) is 2.15. The summed E-state index contributed by atoms with van der Waals surface area (Å²) in [5.74, 6) is -1.76. The molecule has 0 aliphatic rings. The van der Waals surface area contributed by atoms with Crippen LogP contribution < -0.4 is 5.32 Å². The maximum absolute atomic E-state index is 13.4. The first-order chi connectivity index (χ1) is 9.67. The van der Waals surface area contributed by atoms with E-state index in [1.807, 2.05) is 0 Å². The Bertz CT molecular complexity index is 529. The Balaban J connectivity index is 2.99. The van der Waals surface area contributed by atoms with Gasteiger partial charge in [0.1, 0.15) is 12.4 Å². The molecule has 1 atom stereocenters. The van der Waals surface area contributed by atoms with Crippen molar-refractivity contribution in [3.05, 3.63) is 34.1 Å². The van der Waals surface area contributed by atoms with Crippen molar-refractivity contribution >= 4 is 29.1 Å². The maximum Gasteiger partial charge on any atom is 0.345 e. The van der Waals surface area contributed by atoms with Gasteiger partial charge in [-0.05, 0) is 30.2 Å². The zero-order chi connectivity index (χ0) is 16.2. The van der Waals surface area contributed by atoms with Gasteiger partial charge in [-0.1, -0.05) is 11.6 Å². The highest BCUT2D eigenvalue weighted by molar-refractivity contribution is 6.32. The number of nitrogens with one attached hydrogen (secondary N) is 1. The van der Waals surface area contributed by atoms with E-state index in [1.54, 1.807) is 0 Å². The van der Waals surface area contributed by atoms with E-state index >= 15 is 0 Å². The van der Waals surface area contributed by atoms with Crippen LogP contribution in [0.5, 0.6) is 0 Å². The molecule has 1 aromatic rings. The Morgan fingerprint density at radius 2 is 2.20 bits per heavy atom. The fraction of sp³-hybridized carbons (Fsp3) is 0.417. The largest absolute Gasteiger partial charge is 0.348 e. The Labute approximate surface area is 125 Å². The fourth-order valence-electron chi connectivity index (χ4n) is 1.53. The molecule has 3 nitrogen and oxygen atoms in total. The van der Waals surface area contributed by atoms with Crippen molar-refractivity contribution in [2.24, 2.45) is 0 Å². The molecule has 0 fully saturated rings. The van der Waals surface area contributed by atoms with Crippen LogP contribution in [0.15, 0.2) is 12.1 Å². The van der Waals surface area contributed by atoms with E-state index in [0.717, 1.165) is 12.1 Å². The van der Waals surface area contributed by atoms with Crippen LogP contribution in [0.1, 0.15) is 25.4 Å². The molecule has 0 saturated carbocycles. The van der Waals surface area contributed by atoms with Crippen LogP contribution in [0.25, 0.3) is 0 Å². The summed E-state index contributed by atoms with van der Waals surface area (Å²) < 4.78 is 49.0. The second-order valence-electron chi connectivity index (χ2n) is 3.79. The summed E-state index contributed by atoms with van der Waals surface area (Å²) in [6.07, 6.45) is 0. The van der Waals surface area contributed by atoms with E-state index in [0.29, 0.717) is 0 Å². The highest BCUT2D eigenvalue weighted by atomic mass is 35.5. The lowest BCUT2D eigenvalue weighted by atomic mass is 10.0. The lowest BCUT2D eigenvalue weighted by Gasteiger charge is -2.18. The van der Waals surface area contributed by atoms with Crippen molar-refractivity contribution < 1.29 is 24.1 Å². The predicted molar refractivity (Wildman–Crippen MR) is 69.5 cm³/mol. The zero-order valence-electron chi connectivity index (χ0n) is 11.4. The standard InChI is InChI=1S/C12H12Cl2F3NO2/c1-6(18-11(19)5-20-12(16)17)8-2-7(15)3-10(14)9(8)4-13/h2-3,6,12H,4-5H2,1H3,(H,18,19)/i6D. The van der Waals surface area contributed by atoms with Crippen molar-refractivity contribution in [1.82, 2.24) is 5.32 Å². The third kappa shape index (κ3) is 4.85. The SMILES string of the molecule is [2H]C(C)(NC(=O)COC(F)F)c1cc(F)cc(Cl)c1CCl. The number of benzene rings is 1. The zero-order valence-corrected chi connectivity index (χ0v) is 11.9. The Morgan fingerprint density at radius 1 is 1.55 bits per heavy atom. The van der Waals surface area contributed by atoms with Gasteiger partial charge in [-0.2, -0.15) is 8.78 Å². The lowest BCUT2D eigenvalue weighted by Crippen LogP contribution is -2.31. The van der Waals surface area contributed by atoms with Gasteiger partial charge >= 0.3 is 6.61 Å². The molecule has 0 aliphatic heterocycles. The van der Waals surface area contributed by atoms with Gasteiger partial charge in [-0.3, -0.25) is 4.79 Å². The van der Waals surface area contributed by atoms with Crippen molar-refractivity contribution in [3.63, 3.8) is 0 Å². The topological polar surface area (TPSA) is 38.3 Å². The maximum atomic E-state index is 13.4. The number of halogens is 5. The van der Waals surface area contributed by atoms with Crippen molar-refractivity contribution in [3.8, 4) is 0 Å². The van der Waals surface area contributed by atoms with Crippen molar-refractivity contribution in [2.45, 2.75) is 25.4 Å². The van der Waals surface area contributed by atoms with Crippen molar-refractivity contribution in [1.29, 1.82) is 0 Å². The summed E-state index contributed by atoms with van der Waals surface area (Å²) >= 11 is 11.5. The van der Waals surface area contributed by atoms with Crippen molar-refractivity contribution in [2.75, 3.05) is 6.61 Å². The molecule has 20 heavy (non-hydrogen) atoms. The molecule has 0 heterocycles. The second kappa shape index (κ2) is 7.71. The summed E-state index contributed by atoms with van der Waals surface area (Å²) in [5.41, 5.74) is 0.306. The number of alkyl halides is 3. The van der Waals surface area contributed by atoms with Crippen LogP contribution in [0.2, 0.25) is 5.02 Å². The molecule has 0 aromatic heterocycles. The van der Waals surface area contributed by atoms with E-state index in [9.17, 15) is 18.0 Å². The number of carbonyl (C=O) groups is 1. The van der Waals surface area contributed by atoms with Crippen LogP contribution in [-0.4, -0.2) is 19.1 Å². The highest BCUT2D eigenvalue weighted by Gasteiger charge is 2.17. The monoisotopic (exact) mass is 330 g/mol. The Hall–Kier alpha value is -0.980. The predicted octanol–water partition coefficient (Wildman–Crippen LogP) is 3.63. The molecule has 0 radical (unpaired) electrons. The molecule has 0 spiro atoms. The number of rotatable bonds is 6. The third-order valence-electron chi connectivity index (χ3n) is 2.37. The first-order valence-electron chi connectivity index (χ1n) is 5.92. The molecule has 1 rings (SSSR count). The van der Waals surface area contributed by atoms with E-state index in [2.05, 4.69) is 10.1 Å². The Morgan fingerprint density at radius 3 is 2.75 bits per heavy atom. The van der Waals surface area contributed by atoms with E-state index in [4.69, 9.17) is 24.6 Å². The van der Waals surface area contributed by atoms with Gasteiger partial charge in [-0.25, -0.2) is 4.39 Å². The number of amides is 1. The summed E-state index contributed by atoms with van der Waals surface area (Å²) in [6, 6.07) is 0.226. The Kier molecular flexibility index (Phi) is 5.94. The van der Waals surface area contributed by atoms with Gasteiger partial charge < -0.3 is 10.1 Å². The summed E-state index contributed by atoms with van der Waals surface area (Å²) in [4.78, 5) is 11.5. The molecule has 1 amide bonds. The molecule has 112 valence electrons. The van der Waals surface area contributed by atoms with Gasteiger partial charge in [0.25, 0.3) is 0 Å². The molecular formula is C12H12Cl2F3NO2. The third-order valence-corrected chi connectivity index (χ3v) is 2.97. The molecule has 0 bridgehead atoms. The van der Waals surface area contributed by atoms with E-state index < -0.39 is 31.0 Å². The average molecular weight is 331 g/mol. The number of hydrogen-bond donors (Lipinski definition) is 1. The fourth-order valence-corrected chi connectivity index (χ4v) is 2.15. The van der Waals surface area contributed by atoms with Gasteiger partial charge in [0.05, 0.1) is 7.39 Å². The summed E-state index contributed by atoms with van der Waals surface area (Å²) in [6.45, 7) is -2.78. The molecule has 1 unspecified atom stereocenters. The molecule has 0 saturated heterocycles. The first-order valence-corrected chi connectivity index (χ1v) is 6.33. The van der Waals surface area contributed by atoms with Crippen LogP contribution in [0.3, 0.4) is 0 Å². The van der Waals surface area contributed by atoms with Gasteiger partial charge in [0.15, 0.2) is 0 Å². The van der Waals surface area contributed by atoms with E-state index in [-0.39, 0.29) is 22.0 Å². The quantitative estimate of drug-likeness (QED) is 0.809. The minimum absolute atomic E-state index is 0.0107. The second-order valence-corrected chi connectivity index (χ2v) is 4.47. The van der Waals surface area contributed by atoms with Crippen LogP contribution in [0, 0.1) is 5.82 Å². The average Bonchev–Trinajstić information content (AvgIpc) is 2.35.